The lowest BCUT2D eigenvalue weighted by atomic mass is 9.99. The van der Waals surface area contributed by atoms with Gasteiger partial charge in [-0.2, -0.15) is 0 Å². The van der Waals surface area contributed by atoms with Gasteiger partial charge in [0.05, 0.1) is 18.8 Å². The maximum atomic E-state index is 10.1. The first-order chi connectivity index (χ1) is 8.20. The molecule has 2 aliphatic rings. The normalized spacial score (nSPS) is 42.0. The Morgan fingerprint density at radius 3 is 2.53 bits per heavy atom. The second-order valence-electron chi connectivity index (χ2n) is 5.47. The molecule has 2 heterocycles. The van der Waals surface area contributed by atoms with Gasteiger partial charge in [0.15, 0.2) is 0 Å². The van der Waals surface area contributed by atoms with Crippen molar-refractivity contribution in [1.29, 1.82) is 0 Å². The molecule has 17 heavy (non-hydrogen) atoms. The highest BCUT2D eigenvalue weighted by Gasteiger charge is 2.52. The van der Waals surface area contributed by atoms with E-state index >= 15 is 0 Å². The summed E-state index contributed by atoms with van der Waals surface area (Å²) in [5.41, 5.74) is 0. The largest absolute Gasteiger partial charge is 0.395 e. The summed E-state index contributed by atoms with van der Waals surface area (Å²) in [6.45, 7) is 2.30. The Hall–Kier alpha value is -0.160. The summed E-state index contributed by atoms with van der Waals surface area (Å²) in [6, 6.07) is 0.244. The first-order valence-electron chi connectivity index (χ1n) is 6.95. The summed E-state index contributed by atoms with van der Waals surface area (Å²) in [7, 11) is 0. The summed E-state index contributed by atoms with van der Waals surface area (Å²) in [4.78, 5) is 2.19. The summed E-state index contributed by atoms with van der Waals surface area (Å²) in [5, 5.41) is 29.5. The molecular weight excluding hydrogens is 218 g/mol. The minimum absolute atomic E-state index is 0.0428. The Labute approximate surface area is 103 Å². The van der Waals surface area contributed by atoms with Gasteiger partial charge in [-0.1, -0.05) is 26.2 Å². The van der Waals surface area contributed by atoms with E-state index in [1.807, 2.05) is 0 Å². The number of hydrogen-bond donors (Lipinski definition) is 3. The van der Waals surface area contributed by atoms with E-state index in [0.29, 0.717) is 0 Å². The fourth-order valence-electron chi connectivity index (χ4n) is 3.54. The number of fused-ring (bicyclic) bond motifs is 1. The van der Waals surface area contributed by atoms with E-state index in [1.165, 1.54) is 6.42 Å². The van der Waals surface area contributed by atoms with Crippen molar-refractivity contribution in [2.75, 3.05) is 6.61 Å². The smallest absolute Gasteiger partial charge is 0.0969 e. The van der Waals surface area contributed by atoms with Crippen LogP contribution in [0.5, 0.6) is 0 Å². The van der Waals surface area contributed by atoms with Gasteiger partial charge in [0.2, 0.25) is 0 Å². The molecule has 2 aliphatic heterocycles. The maximum absolute atomic E-state index is 10.1. The Balaban J connectivity index is 2.01. The molecule has 100 valence electrons. The van der Waals surface area contributed by atoms with Gasteiger partial charge in [-0.15, -0.1) is 0 Å². The van der Waals surface area contributed by atoms with E-state index in [2.05, 4.69) is 11.8 Å². The summed E-state index contributed by atoms with van der Waals surface area (Å²) < 4.78 is 0. The van der Waals surface area contributed by atoms with Gasteiger partial charge >= 0.3 is 0 Å². The highest BCUT2D eigenvalue weighted by Crippen LogP contribution is 2.38. The molecule has 4 nitrogen and oxygen atoms in total. The second-order valence-corrected chi connectivity index (χ2v) is 5.47. The number of unbranched alkanes of at least 4 members (excludes halogenated alkanes) is 2. The van der Waals surface area contributed by atoms with Crippen LogP contribution in [0.1, 0.15) is 45.4 Å². The molecule has 0 radical (unpaired) electrons. The zero-order chi connectivity index (χ0) is 12.4. The van der Waals surface area contributed by atoms with Crippen molar-refractivity contribution >= 4 is 0 Å². The third kappa shape index (κ3) is 2.36. The van der Waals surface area contributed by atoms with Gasteiger partial charge < -0.3 is 15.3 Å². The van der Waals surface area contributed by atoms with Gasteiger partial charge in [-0.25, -0.2) is 0 Å². The molecule has 0 aromatic rings. The van der Waals surface area contributed by atoms with E-state index in [9.17, 15) is 15.3 Å². The van der Waals surface area contributed by atoms with Gasteiger partial charge in [-0.05, 0) is 19.3 Å². The Bertz CT molecular complexity index is 249. The standard InChI is InChI=1S/C13H25NO3/c1-2-3-4-5-10-12(16)13(17)11-7-6-9(8-15)14(10)11/h9-13,15-17H,2-8H2,1H3/t9-,10+,11+,12+,13+/m1/s1. The van der Waals surface area contributed by atoms with Crippen LogP contribution >= 0.6 is 0 Å². The summed E-state index contributed by atoms with van der Waals surface area (Å²) in [6.07, 6.45) is 4.93. The Morgan fingerprint density at radius 1 is 1.12 bits per heavy atom. The quantitative estimate of drug-likeness (QED) is 0.615. The van der Waals surface area contributed by atoms with Crippen LogP contribution in [0.4, 0.5) is 0 Å². The average molecular weight is 243 g/mol. The zero-order valence-corrected chi connectivity index (χ0v) is 10.6. The van der Waals surface area contributed by atoms with Crippen LogP contribution in [0.2, 0.25) is 0 Å². The molecule has 0 aromatic carbocycles. The van der Waals surface area contributed by atoms with E-state index in [4.69, 9.17) is 0 Å². The van der Waals surface area contributed by atoms with Gasteiger partial charge in [0.25, 0.3) is 0 Å². The van der Waals surface area contributed by atoms with Crippen LogP contribution in [-0.4, -0.2) is 57.2 Å². The monoisotopic (exact) mass is 243 g/mol. The van der Waals surface area contributed by atoms with Crippen molar-refractivity contribution in [3.63, 3.8) is 0 Å². The van der Waals surface area contributed by atoms with Crippen molar-refractivity contribution < 1.29 is 15.3 Å². The summed E-state index contributed by atoms with van der Waals surface area (Å²) >= 11 is 0. The molecule has 5 atom stereocenters. The van der Waals surface area contributed by atoms with Crippen LogP contribution in [-0.2, 0) is 0 Å². The highest BCUT2D eigenvalue weighted by molar-refractivity contribution is 5.06. The lowest BCUT2D eigenvalue weighted by Crippen LogP contribution is -2.43. The molecule has 0 unspecified atom stereocenters. The highest BCUT2D eigenvalue weighted by atomic mass is 16.3. The van der Waals surface area contributed by atoms with Crippen molar-refractivity contribution in [3.8, 4) is 0 Å². The molecule has 3 N–H and O–H groups in total. The third-order valence-corrected chi connectivity index (χ3v) is 4.44. The van der Waals surface area contributed by atoms with Crippen molar-refractivity contribution in [3.05, 3.63) is 0 Å². The van der Waals surface area contributed by atoms with Crippen LogP contribution in [0.15, 0.2) is 0 Å². The Morgan fingerprint density at radius 2 is 1.88 bits per heavy atom. The first-order valence-corrected chi connectivity index (χ1v) is 6.95. The van der Waals surface area contributed by atoms with Crippen molar-refractivity contribution in [2.24, 2.45) is 0 Å². The zero-order valence-electron chi connectivity index (χ0n) is 10.6. The molecular formula is C13H25NO3. The lowest BCUT2D eigenvalue weighted by molar-refractivity contribution is 0.0225. The molecule has 0 aliphatic carbocycles. The Kier molecular flexibility index (Phi) is 4.42. The molecule has 0 aromatic heterocycles. The fourth-order valence-corrected chi connectivity index (χ4v) is 3.54. The van der Waals surface area contributed by atoms with Crippen molar-refractivity contribution in [1.82, 2.24) is 4.90 Å². The van der Waals surface area contributed by atoms with E-state index < -0.39 is 12.2 Å². The molecule has 4 heteroatoms. The van der Waals surface area contributed by atoms with E-state index in [0.717, 1.165) is 32.1 Å². The number of aliphatic hydroxyl groups is 3. The molecule has 0 amide bonds. The summed E-state index contributed by atoms with van der Waals surface area (Å²) in [5.74, 6) is 0. The van der Waals surface area contributed by atoms with Gasteiger partial charge in [0.1, 0.15) is 0 Å². The molecule has 2 saturated heterocycles. The molecule has 2 fully saturated rings. The van der Waals surface area contributed by atoms with Gasteiger partial charge in [-0.3, -0.25) is 4.90 Å². The fraction of sp³-hybridized carbons (Fsp3) is 1.00. The number of hydrogen-bond acceptors (Lipinski definition) is 4. The first kappa shape index (κ1) is 13.3. The number of aliphatic hydroxyl groups excluding tert-OH is 3. The average Bonchev–Trinajstić information content (AvgIpc) is 2.84. The predicted octanol–water partition coefficient (Wildman–Crippen LogP) is 0.496. The van der Waals surface area contributed by atoms with Crippen LogP contribution in [0.25, 0.3) is 0 Å². The lowest BCUT2D eigenvalue weighted by Gasteiger charge is -2.30. The molecule has 2 rings (SSSR count). The topological polar surface area (TPSA) is 63.9 Å². The maximum Gasteiger partial charge on any atom is 0.0969 e. The predicted molar refractivity (Wildman–Crippen MR) is 65.7 cm³/mol. The van der Waals surface area contributed by atoms with Gasteiger partial charge in [0, 0.05) is 18.1 Å². The van der Waals surface area contributed by atoms with Crippen molar-refractivity contribution in [2.45, 2.75) is 75.8 Å². The second kappa shape index (κ2) is 5.65. The number of rotatable bonds is 5. The molecule has 0 spiro atoms. The van der Waals surface area contributed by atoms with E-state index in [-0.39, 0.29) is 24.7 Å². The molecule has 0 saturated carbocycles. The SMILES string of the molecule is CCCCC[C@H]1[C@H](O)[C@@H](O)[C@@H]2CC[C@H](CO)N12. The van der Waals surface area contributed by atoms with Crippen LogP contribution in [0, 0.1) is 0 Å². The van der Waals surface area contributed by atoms with Crippen LogP contribution < -0.4 is 0 Å². The minimum atomic E-state index is -0.633. The number of nitrogens with zero attached hydrogens (tertiary/aromatic N) is 1. The van der Waals surface area contributed by atoms with Crippen LogP contribution in [0.3, 0.4) is 0 Å². The minimum Gasteiger partial charge on any atom is -0.395 e. The molecule has 0 bridgehead atoms. The van der Waals surface area contributed by atoms with E-state index in [1.54, 1.807) is 0 Å². The third-order valence-electron chi connectivity index (χ3n) is 4.44.